The molecule has 10 heteroatoms. The van der Waals surface area contributed by atoms with Gasteiger partial charge in [-0.3, -0.25) is 14.9 Å². The second-order valence-corrected chi connectivity index (χ2v) is 8.00. The second kappa shape index (κ2) is 9.10. The SMILES string of the molecule is CC(C)(C)C(O)C(Oc1ccc(C(=O)O)cc1)C(=O)Nc1cc([N+](=O)[O-])ccc1Cl. The fraction of sp³-hybridized carbons (Fsp3) is 0.300. The average molecular weight is 437 g/mol. The number of ether oxygens (including phenoxy) is 1. The van der Waals surface area contributed by atoms with E-state index in [-0.39, 0.29) is 27.7 Å². The van der Waals surface area contributed by atoms with Crippen LogP contribution >= 0.6 is 11.6 Å². The predicted octanol–water partition coefficient (Wildman–Crippen LogP) is 3.74. The van der Waals surface area contributed by atoms with Crippen LogP contribution in [0.3, 0.4) is 0 Å². The maximum Gasteiger partial charge on any atom is 0.335 e. The average Bonchev–Trinajstić information content (AvgIpc) is 2.66. The molecule has 9 nitrogen and oxygen atoms in total. The Morgan fingerprint density at radius 2 is 1.77 bits per heavy atom. The van der Waals surface area contributed by atoms with E-state index in [1.54, 1.807) is 20.8 Å². The van der Waals surface area contributed by atoms with E-state index in [2.05, 4.69) is 5.32 Å². The molecule has 0 aliphatic heterocycles. The van der Waals surface area contributed by atoms with E-state index in [1.165, 1.54) is 36.4 Å². The summed E-state index contributed by atoms with van der Waals surface area (Å²) in [6.07, 6.45) is -2.68. The number of nitrogens with one attached hydrogen (secondary N) is 1. The topological polar surface area (TPSA) is 139 Å². The summed E-state index contributed by atoms with van der Waals surface area (Å²) in [6.45, 7) is 5.11. The Labute approximate surface area is 177 Å². The van der Waals surface area contributed by atoms with Gasteiger partial charge in [0.2, 0.25) is 6.10 Å². The van der Waals surface area contributed by atoms with Crippen LogP contribution in [0.2, 0.25) is 5.02 Å². The van der Waals surface area contributed by atoms with Crippen LogP contribution in [0.25, 0.3) is 0 Å². The van der Waals surface area contributed by atoms with E-state index >= 15 is 0 Å². The predicted molar refractivity (Wildman–Crippen MR) is 110 cm³/mol. The lowest BCUT2D eigenvalue weighted by Gasteiger charge is -2.32. The maximum atomic E-state index is 12.9. The standard InChI is InChI=1S/C20H21ClN2O7/c1-20(2,3)17(24)16(30-13-7-4-11(5-8-13)19(26)27)18(25)22-15-10-12(23(28)29)6-9-14(15)21/h4-10,16-17,24H,1-3H3,(H,22,25)(H,26,27). The Balaban J connectivity index is 2.32. The highest BCUT2D eigenvalue weighted by Gasteiger charge is 2.37. The number of carbonyl (C=O) groups is 2. The monoisotopic (exact) mass is 436 g/mol. The molecule has 0 radical (unpaired) electrons. The van der Waals surface area contributed by atoms with Crippen LogP contribution in [-0.2, 0) is 4.79 Å². The number of carbonyl (C=O) groups excluding carboxylic acids is 1. The first-order valence-corrected chi connectivity index (χ1v) is 9.21. The lowest BCUT2D eigenvalue weighted by molar-refractivity contribution is -0.384. The Morgan fingerprint density at radius 1 is 1.17 bits per heavy atom. The number of hydrogen-bond donors (Lipinski definition) is 3. The van der Waals surface area contributed by atoms with Gasteiger partial charge in [-0.25, -0.2) is 4.79 Å². The molecule has 2 aromatic carbocycles. The van der Waals surface area contributed by atoms with Gasteiger partial charge in [0.15, 0.2) is 0 Å². The quantitative estimate of drug-likeness (QED) is 0.443. The first-order valence-electron chi connectivity index (χ1n) is 8.83. The number of carboxylic acid groups (broad SMARTS) is 1. The number of nitro groups is 1. The van der Waals surface area contributed by atoms with E-state index in [4.69, 9.17) is 21.4 Å². The molecule has 0 aliphatic rings. The zero-order valence-electron chi connectivity index (χ0n) is 16.5. The molecule has 30 heavy (non-hydrogen) atoms. The zero-order chi connectivity index (χ0) is 22.6. The molecular formula is C20H21ClN2O7. The van der Waals surface area contributed by atoms with Crippen LogP contribution in [0.15, 0.2) is 42.5 Å². The molecule has 160 valence electrons. The van der Waals surface area contributed by atoms with Crippen LogP contribution in [0.1, 0.15) is 31.1 Å². The number of nitro benzene ring substituents is 1. The summed E-state index contributed by atoms with van der Waals surface area (Å²) in [6, 6.07) is 8.89. The first kappa shape index (κ1) is 23.1. The Bertz CT molecular complexity index is 955. The maximum absolute atomic E-state index is 12.9. The number of aliphatic hydroxyl groups excluding tert-OH is 1. The lowest BCUT2D eigenvalue weighted by atomic mass is 9.85. The molecule has 0 fully saturated rings. The van der Waals surface area contributed by atoms with Gasteiger partial charge >= 0.3 is 5.97 Å². The first-order chi connectivity index (χ1) is 13.9. The molecule has 2 rings (SSSR count). The highest BCUT2D eigenvalue weighted by atomic mass is 35.5. The van der Waals surface area contributed by atoms with Gasteiger partial charge in [-0.2, -0.15) is 0 Å². The second-order valence-electron chi connectivity index (χ2n) is 7.59. The van der Waals surface area contributed by atoms with Gasteiger partial charge in [0.05, 0.1) is 21.2 Å². The normalized spacial score (nSPS) is 13.2. The summed E-state index contributed by atoms with van der Waals surface area (Å²) in [5.74, 6) is -1.73. The van der Waals surface area contributed by atoms with E-state index in [9.17, 15) is 24.8 Å². The lowest BCUT2D eigenvalue weighted by Crippen LogP contribution is -2.48. The van der Waals surface area contributed by atoms with Crippen molar-refractivity contribution in [1.82, 2.24) is 0 Å². The molecule has 2 unspecified atom stereocenters. The molecule has 0 spiro atoms. The third-order valence-corrected chi connectivity index (χ3v) is 4.55. The summed E-state index contributed by atoms with van der Waals surface area (Å²) in [5, 5.41) is 33.2. The van der Waals surface area contributed by atoms with Crippen LogP contribution in [0.4, 0.5) is 11.4 Å². The largest absolute Gasteiger partial charge is 0.478 e. The summed E-state index contributed by atoms with van der Waals surface area (Å²) in [5.41, 5.74) is -1.00. The summed E-state index contributed by atoms with van der Waals surface area (Å²) in [7, 11) is 0. The Morgan fingerprint density at radius 3 is 2.27 bits per heavy atom. The number of halogens is 1. The van der Waals surface area contributed by atoms with E-state index in [0.717, 1.165) is 6.07 Å². The van der Waals surface area contributed by atoms with E-state index < -0.39 is 34.4 Å². The number of nitrogens with zero attached hydrogens (tertiary/aromatic N) is 1. The third-order valence-electron chi connectivity index (χ3n) is 4.22. The van der Waals surface area contributed by atoms with Crippen LogP contribution in [0.5, 0.6) is 5.75 Å². The van der Waals surface area contributed by atoms with Crippen molar-refractivity contribution in [2.24, 2.45) is 5.41 Å². The Kier molecular flexibility index (Phi) is 7.01. The summed E-state index contributed by atoms with van der Waals surface area (Å²) in [4.78, 5) is 34.2. The fourth-order valence-corrected chi connectivity index (χ4v) is 2.63. The molecule has 0 heterocycles. The number of amides is 1. The molecule has 0 saturated heterocycles. The van der Waals surface area contributed by atoms with Gasteiger partial charge in [-0.1, -0.05) is 32.4 Å². The minimum absolute atomic E-state index is 0.00759. The number of carboxylic acids is 1. The van der Waals surface area contributed by atoms with Crippen molar-refractivity contribution in [2.45, 2.75) is 33.0 Å². The van der Waals surface area contributed by atoms with Crippen molar-refractivity contribution in [1.29, 1.82) is 0 Å². The number of aromatic carboxylic acids is 1. The Hall–Kier alpha value is -3.17. The highest BCUT2D eigenvalue weighted by Crippen LogP contribution is 2.29. The molecule has 0 aliphatic carbocycles. The minimum atomic E-state index is -1.41. The van der Waals surface area contributed by atoms with Crippen molar-refractivity contribution in [2.75, 3.05) is 5.32 Å². The summed E-state index contributed by atoms with van der Waals surface area (Å²) >= 11 is 6.03. The van der Waals surface area contributed by atoms with Crippen molar-refractivity contribution in [3.05, 3.63) is 63.2 Å². The van der Waals surface area contributed by atoms with Gasteiger partial charge in [0.25, 0.3) is 11.6 Å². The van der Waals surface area contributed by atoms with Crippen LogP contribution in [0, 0.1) is 15.5 Å². The summed E-state index contributed by atoms with van der Waals surface area (Å²) < 4.78 is 5.66. The molecule has 3 N–H and O–H groups in total. The van der Waals surface area contributed by atoms with Crippen molar-refractivity contribution in [3.63, 3.8) is 0 Å². The molecule has 0 bridgehead atoms. The van der Waals surface area contributed by atoms with Gasteiger partial charge < -0.3 is 20.3 Å². The molecule has 0 aromatic heterocycles. The zero-order valence-corrected chi connectivity index (χ0v) is 17.2. The van der Waals surface area contributed by atoms with Crippen molar-refractivity contribution < 1.29 is 29.5 Å². The number of anilines is 1. The molecule has 2 atom stereocenters. The number of aliphatic hydroxyl groups is 1. The van der Waals surface area contributed by atoms with Crippen LogP contribution in [-0.4, -0.2) is 39.2 Å². The van der Waals surface area contributed by atoms with Gasteiger partial charge in [-0.15, -0.1) is 0 Å². The molecule has 2 aromatic rings. The van der Waals surface area contributed by atoms with E-state index in [1.807, 2.05) is 0 Å². The molecule has 0 saturated carbocycles. The van der Waals surface area contributed by atoms with E-state index in [0.29, 0.717) is 0 Å². The van der Waals surface area contributed by atoms with Crippen molar-refractivity contribution in [3.8, 4) is 5.75 Å². The third kappa shape index (κ3) is 5.68. The molecule has 1 amide bonds. The van der Waals surface area contributed by atoms with Gasteiger partial charge in [-0.05, 0) is 35.7 Å². The highest BCUT2D eigenvalue weighted by molar-refractivity contribution is 6.33. The van der Waals surface area contributed by atoms with Crippen LogP contribution < -0.4 is 10.1 Å². The van der Waals surface area contributed by atoms with Gasteiger partial charge in [0, 0.05) is 12.1 Å². The minimum Gasteiger partial charge on any atom is -0.478 e. The molecular weight excluding hydrogens is 416 g/mol. The number of non-ortho nitro benzene ring substituents is 1. The number of rotatable bonds is 7. The van der Waals surface area contributed by atoms with Crippen molar-refractivity contribution >= 4 is 34.9 Å². The van der Waals surface area contributed by atoms with Gasteiger partial charge in [0.1, 0.15) is 11.9 Å². The number of benzene rings is 2. The number of hydrogen-bond acceptors (Lipinski definition) is 6. The fourth-order valence-electron chi connectivity index (χ4n) is 2.46. The smallest absolute Gasteiger partial charge is 0.335 e.